The van der Waals surface area contributed by atoms with Crippen LogP contribution in [-0.4, -0.2) is 62.7 Å². The lowest BCUT2D eigenvalue weighted by atomic mass is 10.1. The van der Waals surface area contributed by atoms with Gasteiger partial charge in [0.05, 0.1) is 56.1 Å². The number of carbonyl (C=O) groups excluding carboxylic acids is 2. The highest BCUT2D eigenvalue weighted by Crippen LogP contribution is 2.29. The number of nitrogens with zero attached hydrogens (tertiary/aromatic N) is 3. The van der Waals surface area contributed by atoms with Gasteiger partial charge in [-0.15, -0.1) is 13.0 Å². The predicted molar refractivity (Wildman–Crippen MR) is 260 cm³/mol. The molecular formula is C54H51N3O8S. The van der Waals surface area contributed by atoms with E-state index in [9.17, 15) is 9.59 Å². The van der Waals surface area contributed by atoms with Gasteiger partial charge in [0.2, 0.25) is 5.13 Å². The first kappa shape index (κ1) is 47.8. The van der Waals surface area contributed by atoms with Crippen LogP contribution in [0.15, 0.2) is 146 Å². The molecule has 11 nitrogen and oxygen atoms in total. The molecule has 0 spiro atoms. The first-order valence-electron chi connectivity index (χ1n) is 21.5. The summed E-state index contributed by atoms with van der Waals surface area (Å²) in [4.78, 5) is 27.1. The van der Waals surface area contributed by atoms with E-state index < -0.39 is 11.9 Å². The molecule has 0 radical (unpaired) electrons. The lowest BCUT2D eigenvalue weighted by Gasteiger charge is -2.16. The Morgan fingerprint density at radius 1 is 0.727 bits per heavy atom. The van der Waals surface area contributed by atoms with Crippen LogP contribution in [0.2, 0.25) is 0 Å². The van der Waals surface area contributed by atoms with Gasteiger partial charge in [-0.3, -0.25) is 0 Å². The number of anilines is 1. The number of hydrogen-bond donors (Lipinski definition) is 0. The number of fused-ring (bicyclic) bond motifs is 1. The number of rotatable bonds is 25. The molecule has 0 unspecified atom stereocenters. The summed E-state index contributed by atoms with van der Waals surface area (Å²) in [7, 11) is 0. The van der Waals surface area contributed by atoms with Crippen LogP contribution in [0.25, 0.3) is 10.2 Å². The second kappa shape index (κ2) is 26.2. The van der Waals surface area contributed by atoms with Gasteiger partial charge < -0.3 is 28.4 Å². The Hall–Kier alpha value is -7.64. The van der Waals surface area contributed by atoms with Gasteiger partial charge in [0.15, 0.2) is 0 Å². The van der Waals surface area contributed by atoms with E-state index in [0.29, 0.717) is 64.6 Å². The van der Waals surface area contributed by atoms with Crippen molar-refractivity contribution in [3.63, 3.8) is 0 Å². The molecule has 0 bridgehead atoms. The lowest BCUT2D eigenvalue weighted by molar-refractivity contribution is -0.138. The van der Waals surface area contributed by atoms with Crippen molar-refractivity contribution in [2.24, 2.45) is 5.10 Å². The molecule has 0 atom stereocenters. The molecule has 5 aromatic carbocycles. The maximum atomic E-state index is 11.2. The molecule has 0 N–H and O–H groups in total. The molecule has 1 aromatic heterocycles. The maximum absolute atomic E-state index is 11.2. The summed E-state index contributed by atoms with van der Waals surface area (Å²) in [6.07, 6.45) is 12.5. The summed E-state index contributed by atoms with van der Waals surface area (Å²) in [5.74, 6) is 9.39. The van der Waals surface area contributed by atoms with Crippen LogP contribution in [-0.2, 0) is 43.4 Å². The van der Waals surface area contributed by atoms with Crippen LogP contribution >= 0.6 is 11.3 Å². The van der Waals surface area contributed by atoms with Gasteiger partial charge in [0.25, 0.3) is 0 Å². The number of thiazole rings is 1. The fourth-order valence-corrected chi connectivity index (χ4v) is 7.07. The van der Waals surface area contributed by atoms with Crippen LogP contribution in [0.5, 0.6) is 17.2 Å². The minimum atomic E-state index is -0.672. The van der Waals surface area contributed by atoms with Crippen molar-refractivity contribution >= 4 is 44.8 Å². The van der Waals surface area contributed by atoms with Gasteiger partial charge in [-0.25, -0.2) is 19.6 Å². The first-order valence-corrected chi connectivity index (χ1v) is 22.3. The zero-order valence-corrected chi connectivity index (χ0v) is 37.5. The average molecular weight is 902 g/mol. The minimum Gasteiger partial charge on any atom is -0.493 e. The average Bonchev–Trinajstić information content (AvgIpc) is 3.79. The van der Waals surface area contributed by atoms with Gasteiger partial charge >= 0.3 is 11.9 Å². The molecule has 6 rings (SSSR count). The normalized spacial score (nSPS) is 10.7. The molecular weight excluding hydrogens is 851 g/mol. The van der Waals surface area contributed by atoms with E-state index in [0.717, 1.165) is 72.7 Å². The van der Waals surface area contributed by atoms with Gasteiger partial charge in [0, 0.05) is 48.1 Å². The molecule has 0 saturated carbocycles. The summed E-state index contributed by atoms with van der Waals surface area (Å²) in [5.41, 5.74) is 6.61. The number of carbonyl (C=O) groups is 2. The predicted octanol–water partition coefficient (Wildman–Crippen LogP) is 9.89. The molecule has 336 valence electrons. The molecule has 12 heteroatoms. The van der Waals surface area contributed by atoms with Crippen LogP contribution in [0.3, 0.4) is 0 Å². The largest absolute Gasteiger partial charge is 0.493 e. The number of benzene rings is 5. The zero-order valence-electron chi connectivity index (χ0n) is 36.7. The van der Waals surface area contributed by atoms with Gasteiger partial charge in [-0.05, 0) is 102 Å². The van der Waals surface area contributed by atoms with Gasteiger partial charge in [0.1, 0.15) is 23.9 Å². The zero-order chi connectivity index (χ0) is 46.2. The van der Waals surface area contributed by atoms with E-state index in [1.807, 2.05) is 132 Å². The molecule has 0 aliphatic rings. The third-order valence-corrected chi connectivity index (χ3v) is 10.7. The summed E-state index contributed by atoms with van der Waals surface area (Å²) >= 11 is 1.60. The number of hydrogen-bond acceptors (Lipinski definition) is 12. The van der Waals surface area contributed by atoms with E-state index in [-0.39, 0.29) is 13.2 Å². The third-order valence-electron chi connectivity index (χ3n) is 9.66. The number of aromatic nitrogens is 1. The quantitative estimate of drug-likeness (QED) is 0.00804. The highest BCUT2D eigenvalue weighted by atomic mass is 32.1. The smallest absolute Gasteiger partial charge is 0.384 e. The summed E-state index contributed by atoms with van der Waals surface area (Å²) in [6.45, 7) is 10.5. The summed E-state index contributed by atoms with van der Waals surface area (Å²) in [5, 5.41) is 7.66. The minimum absolute atomic E-state index is 0.212. The van der Waals surface area contributed by atoms with Crippen LogP contribution < -0.4 is 19.2 Å². The highest BCUT2D eigenvalue weighted by Gasteiger charge is 2.12. The monoisotopic (exact) mass is 901 g/mol. The van der Waals surface area contributed by atoms with Crippen molar-refractivity contribution in [2.45, 2.75) is 38.9 Å². The van der Waals surface area contributed by atoms with Crippen molar-refractivity contribution in [3.05, 3.63) is 174 Å². The van der Waals surface area contributed by atoms with Crippen molar-refractivity contribution in [3.8, 4) is 41.4 Å². The van der Waals surface area contributed by atoms with Crippen molar-refractivity contribution < 1.29 is 38.0 Å². The van der Waals surface area contributed by atoms with Crippen molar-refractivity contribution in [1.29, 1.82) is 0 Å². The molecule has 0 aliphatic heterocycles. The third kappa shape index (κ3) is 15.9. The topological polar surface area (TPSA) is 118 Å². The molecule has 0 amide bonds. The van der Waals surface area contributed by atoms with Crippen molar-refractivity contribution in [2.75, 3.05) is 44.6 Å². The molecule has 1 heterocycles. The lowest BCUT2D eigenvalue weighted by Crippen LogP contribution is -2.17. The van der Waals surface area contributed by atoms with Crippen LogP contribution in [0.4, 0.5) is 5.13 Å². The van der Waals surface area contributed by atoms with E-state index in [2.05, 4.69) is 31.1 Å². The standard InChI is InChI=1S/C54H51N3O8S/c1-4-7-31-57(54-56-50-12-8-9-13-51(50)66-54)55-38-46-37-49(29-24-45(46)40-60-36-30-43-22-27-48(28-23-43)62-33-11-35-64-53(59)6-3)65-39-44-18-16-41(17-19-44)14-15-42-20-25-47(26-21-42)61-32-10-34-63-52(58)5-2/h3-5,8-9,12-13,16-29,37-38H,1-2,7,10-11,30-36,39-40H2/b55-38+. The summed E-state index contributed by atoms with van der Waals surface area (Å²) in [6, 6.07) is 37.4. The Kier molecular flexibility index (Phi) is 19.0. The van der Waals surface area contributed by atoms with Crippen LogP contribution in [0, 0.1) is 24.2 Å². The molecule has 0 saturated heterocycles. The SMILES string of the molecule is C#CC(=O)OCCCOc1ccc(CCOCc2ccc(OCc3ccc(C#Cc4ccc(OCCCOC(=O)C=C)cc4)cc3)cc2/C=N/N(CCC=C)c2nc3ccccc3s2)cc1. The number of ether oxygens (including phenoxy) is 6. The molecule has 66 heavy (non-hydrogen) atoms. The van der Waals surface area contributed by atoms with E-state index >= 15 is 0 Å². The Balaban J connectivity index is 1.06. The number of terminal acetylenes is 1. The number of hydrazone groups is 1. The fourth-order valence-electron chi connectivity index (χ4n) is 6.12. The molecule has 6 aromatic rings. The molecule has 0 aliphatic carbocycles. The maximum Gasteiger partial charge on any atom is 0.384 e. The fraction of sp³-hybridized carbons (Fsp3) is 0.222. The summed E-state index contributed by atoms with van der Waals surface area (Å²) < 4.78 is 34.9. The Morgan fingerprint density at radius 3 is 2.06 bits per heavy atom. The number of esters is 2. The number of para-hydroxylation sites is 1. The Morgan fingerprint density at radius 2 is 1.38 bits per heavy atom. The van der Waals surface area contributed by atoms with E-state index in [1.165, 1.54) is 0 Å². The van der Waals surface area contributed by atoms with Crippen molar-refractivity contribution in [1.82, 2.24) is 4.98 Å². The van der Waals surface area contributed by atoms with Gasteiger partial charge in [-0.2, -0.15) is 5.10 Å². The van der Waals surface area contributed by atoms with E-state index in [4.69, 9.17) is 44.9 Å². The van der Waals surface area contributed by atoms with Gasteiger partial charge in [-0.1, -0.05) is 78.3 Å². The second-order valence-electron chi connectivity index (χ2n) is 14.5. The Bertz CT molecular complexity index is 2620. The first-order chi connectivity index (χ1) is 32.4. The highest BCUT2D eigenvalue weighted by molar-refractivity contribution is 7.22. The Labute approximate surface area is 390 Å². The van der Waals surface area contributed by atoms with Crippen LogP contribution in [0.1, 0.15) is 52.6 Å². The van der Waals surface area contributed by atoms with E-state index in [1.54, 1.807) is 11.3 Å². The second-order valence-corrected chi connectivity index (χ2v) is 15.5. The molecule has 0 fully saturated rings.